The van der Waals surface area contributed by atoms with Crippen molar-refractivity contribution in [1.82, 2.24) is 5.32 Å². The standard InChI is InChI=1S/C23H19ClN2O4/c24-20-9-5-4-8-19(20)23(29)26-17-10-12-18(13-11-17)30-21(27)14-15-25-22(28)16-6-2-1-3-7-16/h1-13H,14-15H2,(H,25,28)(H,26,29). The minimum absolute atomic E-state index is 0.0313. The molecular formula is C23H19ClN2O4. The number of anilines is 1. The highest BCUT2D eigenvalue weighted by Gasteiger charge is 2.11. The van der Waals surface area contributed by atoms with E-state index in [0.717, 1.165) is 0 Å². The second-order valence-corrected chi connectivity index (χ2v) is 6.71. The zero-order valence-electron chi connectivity index (χ0n) is 15.9. The molecule has 3 aromatic rings. The lowest BCUT2D eigenvalue weighted by atomic mass is 10.2. The van der Waals surface area contributed by atoms with Gasteiger partial charge in [-0.15, -0.1) is 0 Å². The van der Waals surface area contributed by atoms with Gasteiger partial charge in [-0.3, -0.25) is 14.4 Å². The van der Waals surface area contributed by atoms with E-state index in [4.69, 9.17) is 16.3 Å². The number of benzene rings is 3. The van der Waals surface area contributed by atoms with Crippen LogP contribution in [-0.2, 0) is 4.79 Å². The summed E-state index contributed by atoms with van der Waals surface area (Å²) in [6.07, 6.45) is 0.0313. The Kier molecular flexibility index (Phi) is 7.19. The SMILES string of the molecule is O=C(CCNC(=O)c1ccccc1)Oc1ccc(NC(=O)c2ccccc2Cl)cc1. The van der Waals surface area contributed by atoms with Crippen molar-refractivity contribution in [3.05, 3.63) is 95.0 Å². The van der Waals surface area contributed by atoms with Crippen molar-refractivity contribution in [3.8, 4) is 5.75 Å². The van der Waals surface area contributed by atoms with Crippen LogP contribution in [0.1, 0.15) is 27.1 Å². The van der Waals surface area contributed by atoms with Crippen molar-refractivity contribution in [1.29, 1.82) is 0 Å². The normalized spacial score (nSPS) is 10.2. The van der Waals surface area contributed by atoms with E-state index in [0.29, 0.717) is 27.6 Å². The lowest BCUT2D eigenvalue weighted by Crippen LogP contribution is -2.27. The van der Waals surface area contributed by atoms with Gasteiger partial charge < -0.3 is 15.4 Å². The molecule has 30 heavy (non-hydrogen) atoms. The number of nitrogens with one attached hydrogen (secondary N) is 2. The highest BCUT2D eigenvalue weighted by atomic mass is 35.5. The zero-order chi connectivity index (χ0) is 21.3. The van der Waals surface area contributed by atoms with Gasteiger partial charge in [0.25, 0.3) is 11.8 Å². The van der Waals surface area contributed by atoms with Crippen molar-refractivity contribution < 1.29 is 19.1 Å². The fourth-order valence-electron chi connectivity index (χ4n) is 2.60. The second-order valence-electron chi connectivity index (χ2n) is 6.30. The molecule has 6 nitrogen and oxygen atoms in total. The predicted molar refractivity (Wildman–Crippen MR) is 115 cm³/mol. The summed E-state index contributed by atoms with van der Waals surface area (Å²) in [7, 11) is 0. The number of esters is 1. The smallest absolute Gasteiger partial charge is 0.312 e. The summed E-state index contributed by atoms with van der Waals surface area (Å²) >= 11 is 6.02. The van der Waals surface area contributed by atoms with E-state index in [1.165, 1.54) is 0 Å². The fourth-order valence-corrected chi connectivity index (χ4v) is 2.82. The minimum Gasteiger partial charge on any atom is -0.426 e. The molecule has 3 rings (SSSR count). The quantitative estimate of drug-likeness (QED) is 0.438. The van der Waals surface area contributed by atoms with Gasteiger partial charge in [0.05, 0.1) is 17.0 Å². The summed E-state index contributed by atoms with van der Waals surface area (Å²) in [5.41, 5.74) is 1.43. The average molecular weight is 423 g/mol. The van der Waals surface area contributed by atoms with Crippen LogP contribution in [0.4, 0.5) is 5.69 Å². The van der Waals surface area contributed by atoms with Gasteiger partial charge in [0.2, 0.25) is 0 Å². The van der Waals surface area contributed by atoms with E-state index in [9.17, 15) is 14.4 Å². The van der Waals surface area contributed by atoms with Crippen molar-refractivity contribution in [2.75, 3.05) is 11.9 Å². The average Bonchev–Trinajstić information content (AvgIpc) is 2.76. The van der Waals surface area contributed by atoms with Crippen molar-refractivity contribution in [3.63, 3.8) is 0 Å². The van der Waals surface area contributed by atoms with E-state index < -0.39 is 5.97 Å². The van der Waals surface area contributed by atoms with E-state index in [1.54, 1.807) is 72.8 Å². The van der Waals surface area contributed by atoms with E-state index >= 15 is 0 Å². The monoisotopic (exact) mass is 422 g/mol. The molecule has 0 radical (unpaired) electrons. The van der Waals surface area contributed by atoms with Crippen LogP contribution in [0.5, 0.6) is 5.75 Å². The minimum atomic E-state index is -0.476. The third kappa shape index (κ3) is 5.93. The van der Waals surface area contributed by atoms with Gasteiger partial charge >= 0.3 is 5.97 Å². The molecule has 0 fully saturated rings. The van der Waals surface area contributed by atoms with Gasteiger partial charge in [0, 0.05) is 17.8 Å². The molecule has 0 spiro atoms. The Labute approximate surface area is 178 Å². The van der Waals surface area contributed by atoms with Crippen LogP contribution in [0.3, 0.4) is 0 Å². The Morgan fingerprint density at radius 1 is 0.800 bits per heavy atom. The molecule has 2 amide bonds. The van der Waals surface area contributed by atoms with Crippen LogP contribution >= 0.6 is 11.6 Å². The van der Waals surface area contributed by atoms with Crippen molar-refractivity contribution in [2.45, 2.75) is 6.42 Å². The number of hydrogen-bond donors (Lipinski definition) is 2. The lowest BCUT2D eigenvalue weighted by Gasteiger charge is -2.09. The number of halogens is 1. The molecule has 0 aliphatic rings. The van der Waals surface area contributed by atoms with Crippen LogP contribution in [-0.4, -0.2) is 24.3 Å². The molecule has 0 saturated heterocycles. The summed E-state index contributed by atoms with van der Waals surface area (Å²) in [5.74, 6) is -0.720. The van der Waals surface area contributed by atoms with Crippen LogP contribution in [0.2, 0.25) is 5.02 Å². The first-order valence-corrected chi connectivity index (χ1v) is 9.60. The highest BCUT2D eigenvalue weighted by molar-refractivity contribution is 6.34. The van der Waals surface area contributed by atoms with E-state index in [1.807, 2.05) is 6.07 Å². The van der Waals surface area contributed by atoms with E-state index in [-0.39, 0.29) is 24.8 Å². The predicted octanol–water partition coefficient (Wildman–Crippen LogP) is 4.32. The Morgan fingerprint density at radius 3 is 2.17 bits per heavy atom. The summed E-state index contributed by atoms with van der Waals surface area (Å²) in [6, 6.07) is 21.9. The molecular weight excluding hydrogens is 404 g/mol. The van der Waals surface area contributed by atoms with Crippen LogP contribution in [0.25, 0.3) is 0 Å². The van der Waals surface area contributed by atoms with Crippen molar-refractivity contribution in [2.24, 2.45) is 0 Å². The van der Waals surface area contributed by atoms with Gasteiger partial charge in [-0.2, -0.15) is 0 Å². The molecule has 0 unspecified atom stereocenters. The van der Waals surface area contributed by atoms with E-state index in [2.05, 4.69) is 10.6 Å². The molecule has 0 aliphatic heterocycles. The Bertz CT molecular complexity index is 1040. The molecule has 0 saturated carbocycles. The first-order valence-electron chi connectivity index (χ1n) is 9.23. The number of hydrogen-bond acceptors (Lipinski definition) is 4. The summed E-state index contributed by atoms with van der Waals surface area (Å²) < 4.78 is 5.24. The Hall–Kier alpha value is -3.64. The highest BCUT2D eigenvalue weighted by Crippen LogP contribution is 2.19. The molecule has 7 heteroatoms. The Balaban J connectivity index is 1.46. The summed E-state index contributed by atoms with van der Waals surface area (Å²) in [5, 5.41) is 5.76. The van der Waals surface area contributed by atoms with Gasteiger partial charge in [0.1, 0.15) is 5.75 Å². The maximum absolute atomic E-state index is 12.3. The van der Waals surface area contributed by atoms with Crippen LogP contribution in [0, 0.1) is 0 Å². The maximum Gasteiger partial charge on any atom is 0.312 e. The van der Waals surface area contributed by atoms with Gasteiger partial charge in [-0.05, 0) is 48.5 Å². The third-order valence-corrected chi connectivity index (χ3v) is 4.44. The van der Waals surface area contributed by atoms with Gasteiger partial charge in [0.15, 0.2) is 0 Å². The van der Waals surface area contributed by atoms with Crippen LogP contribution in [0.15, 0.2) is 78.9 Å². The molecule has 0 heterocycles. The number of carbonyl (C=O) groups excluding carboxylic acids is 3. The summed E-state index contributed by atoms with van der Waals surface area (Å²) in [4.78, 5) is 36.1. The first kappa shape index (κ1) is 21.1. The topological polar surface area (TPSA) is 84.5 Å². The largest absolute Gasteiger partial charge is 0.426 e. The van der Waals surface area contributed by atoms with Crippen LogP contribution < -0.4 is 15.4 Å². The number of ether oxygens (including phenoxy) is 1. The first-order chi connectivity index (χ1) is 14.5. The maximum atomic E-state index is 12.3. The summed E-state index contributed by atoms with van der Waals surface area (Å²) in [6.45, 7) is 0.165. The Morgan fingerprint density at radius 2 is 1.47 bits per heavy atom. The molecule has 0 bridgehead atoms. The third-order valence-electron chi connectivity index (χ3n) is 4.11. The lowest BCUT2D eigenvalue weighted by molar-refractivity contribution is -0.134. The van der Waals surface area contributed by atoms with Gasteiger partial charge in [-0.25, -0.2) is 0 Å². The molecule has 3 aromatic carbocycles. The van der Waals surface area contributed by atoms with Gasteiger partial charge in [-0.1, -0.05) is 41.9 Å². The molecule has 2 N–H and O–H groups in total. The number of amides is 2. The number of rotatable bonds is 7. The zero-order valence-corrected chi connectivity index (χ0v) is 16.7. The van der Waals surface area contributed by atoms with Crippen molar-refractivity contribution >= 4 is 35.1 Å². The molecule has 0 aliphatic carbocycles. The second kappa shape index (κ2) is 10.2. The fraction of sp³-hybridized carbons (Fsp3) is 0.0870. The molecule has 152 valence electrons. The number of carbonyl (C=O) groups is 3. The molecule has 0 atom stereocenters. The molecule has 0 aromatic heterocycles.